The van der Waals surface area contributed by atoms with Crippen molar-refractivity contribution < 1.29 is 18.8 Å². The molecule has 3 heterocycles. The molecule has 0 radical (unpaired) electrons. The van der Waals surface area contributed by atoms with Crippen molar-refractivity contribution in [1.29, 1.82) is 0 Å². The van der Waals surface area contributed by atoms with Crippen LogP contribution in [0.5, 0.6) is 0 Å². The summed E-state index contributed by atoms with van der Waals surface area (Å²) in [6.07, 6.45) is 2.34. The van der Waals surface area contributed by atoms with Gasteiger partial charge in [-0.3, -0.25) is 9.48 Å². The predicted molar refractivity (Wildman–Crippen MR) is 142 cm³/mol. The Labute approximate surface area is 221 Å². The molecule has 2 aromatic carbocycles. The van der Waals surface area contributed by atoms with E-state index in [-0.39, 0.29) is 11.7 Å². The van der Waals surface area contributed by atoms with Gasteiger partial charge in [0, 0.05) is 24.2 Å². The Morgan fingerprint density at radius 2 is 1.76 bits per heavy atom. The second kappa shape index (κ2) is 10.9. The molecule has 1 saturated heterocycles. The molecule has 1 aliphatic heterocycles. The number of aliphatic carboxylic acids is 1. The SMILES string of the molecule is CCn1nc(-c2nc(-c3cc(C)c(CCN4CCC(C(=O)O)CC4)c(C)c3)no2)cc1-c1ccc(F)cc1. The van der Waals surface area contributed by atoms with Gasteiger partial charge in [0.15, 0.2) is 5.69 Å². The first kappa shape index (κ1) is 25.8. The molecule has 2 aromatic heterocycles. The number of carboxylic acids is 1. The second-order valence-corrected chi connectivity index (χ2v) is 9.95. The molecular weight excluding hydrogens is 485 g/mol. The fraction of sp³-hybridized carbons (Fsp3) is 0.379. The minimum absolute atomic E-state index is 0.209. The summed E-state index contributed by atoms with van der Waals surface area (Å²) in [7, 11) is 0. The number of carbonyl (C=O) groups is 1. The quantitative estimate of drug-likeness (QED) is 0.335. The first-order valence-corrected chi connectivity index (χ1v) is 13.1. The van der Waals surface area contributed by atoms with Gasteiger partial charge in [-0.2, -0.15) is 10.1 Å². The van der Waals surface area contributed by atoms with Crippen molar-refractivity contribution in [3.8, 4) is 34.2 Å². The summed E-state index contributed by atoms with van der Waals surface area (Å²) in [6.45, 7) is 9.41. The molecule has 198 valence electrons. The van der Waals surface area contributed by atoms with Gasteiger partial charge in [0.2, 0.25) is 5.82 Å². The number of halogens is 1. The lowest BCUT2D eigenvalue weighted by Gasteiger charge is -2.30. The van der Waals surface area contributed by atoms with E-state index in [0.29, 0.717) is 36.8 Å². The monoisotopic (exact) mass is 517 g/mol. The lowest BCUT2D eigenvalue weighted by Crippen LogP contribution is -2.37. The van der Waals surface area contributed by atoms with Crippen molar-refractivity contribution in [2.24, 2.45) is 5.92 Å². The molecule has 0 aliphatic carbocycles. The van der Waals surface area contributed by atoms with Gasteiger partial charge >= 0.3 is 5.97 Å². The zero-order valence-corrected chi connectivity index (χ0v) is 21.9. The third-order valence-electron chi connectivity index (χ3n) is 7.43. The van der Waals surface area contributed by atoms with Crippen molar-refractivity contribution >= 4 is 5.97 Å². The van der Waals surface area contributed by atoms with Crippen LogP contribution in [0.3, 0.4) is 0 Å². The van der Waals surface area contributed by atoms with Crippen LogP contribution in [-0.4, -0.2) is 55.5 Å². The second-order valence-electron chi connectivity index (χ2n) is 9.95. The number of rotatable bonds is 8. The highest BCUT2D eigenvalue weighted by atomic mass is 19.1. The summed E-state index contributed by atoms with van der Waals surface area (Å²) in [4.78, 5) is 18.2. The standard InChI is InChI=1S/C29H32FN5O3/c1-4-35-26(20-5-7-23(30)8-6-20)17-25(32-35)28-31-27(33-38-28)22-15-18(2)24(19(3)16-22)11-14-34-12-9-21(10-13-34)29(36)37/h5-8,15-17,21H,4,9-14H2,1-3H3,(H,36,37). The molecule has 0 atom stereocenters. The molecule has 0 amide bonds. The number of benzene rings is 2. The molecular formula is C29H32FN5O3. The molecule has 4 aromatic rings. The van der Waals surface area contributed by atoms with Crippen LogP contribution in [0.1, 0.15) is 36.5 Å². The number of hydrogen-bond donors (Lipinski definition) is 1. The average molecular weight is 518 g/mol. The summed E-state index contributed by atoms with van der Waals surface area (Å²) in [5, 5.41) is 18.1. The third kappa shape index (κ3) is 5.38. The molecule has 9 heteroatoms. The van der Waals surface area contributed by atoms with Crippen LogP contribution in [0.25, 0.3) is 34.2 Å². The number of carboxylic acid groups (broad SMARTS) is 1. The lowest BCUT2D eigenvalue weighted by molar-refractivity contribution is -0.143. The highest BCUT2D eigenvalue weighted by Gasteiger charge is 2.24. The molecule has 8 nitrogen and oxygen atoms in total. The predicted octanol–water partition coefficient (Wildman–Crippen LogP) is 5.38. The molecule has 38 heavy (non-hydrogen) atoms. The number of piperidine rings is 1. The van der Waals surface area contributed by atoms with E-state index >= 15 is 0 Å². The molecule has 1 aliphatic rings. The van der Waals surface area contributed by atoms with Crippen molar-refractivity contribution in [2.75, 3.05) is 19.6 Å². The van der Waals surface area contributed by atoms with Crippen LogP contribution >= 0.6 is 0 Å². The average Bonchev–Trinajstić information content (AvgIpc) is 3.56. The van der Waals surface area contributed by atoms with E-state index in [1.54, 1.807) is 12.1 Å². The number of aryl methyl sites for hydroxylation is 3. The number of hydrogen-bond acceptors (Lipinski definition) is 6. The molecule has 1 N–H and O–H groups in total. The van der Waals surface area contributed by atoms with Gasteiger partial charge in [-0.05, 0) is 112 Å². The van der Waals surface area contributed by atoms with Crippen LogP contribution in [0.4, 0.5) is 4.39 Å². The lowest BCUT2D eigenvalue weighted by atomic mass is 9.94. The zero-order valence-electron chi connectivity index (χ0n) is 21.9. The number of aromatic nitrogens is 4. The Bertz CT molecular complexity index is 1410. The Hall–Kier alpha value is -3.85. The minimum Gasteiger partial charge on any atom is -0.481 e. The van der Waals surface area contributed by atoms with E-state index < -0.39 is 5.97 Å². The summed E-state index contributed by atoms with van der Waals surface area (Å²) < 4.78 is 20.8. The molecule has 0 saturated carbocycles. The van der Waals surface area contributed by atoms with Gasteiger partial charge in [0.05, 0.1) is 11.6 Å². The van der Waals surface area contributed by atoms with Crippen molar-refractivity contribution in [1.82, 2.24) is 24.8 Å². The molecule has 1 fully saturated rings. The van der Waals surface area contributed by atoms with E-state index in [1.165, 1.54) is 28.8 Å². The summed E-state index contributed by atoms with van der Waals surface area (Å²) in [5.41, 5.74) is 6.80. The first-order chi connectivity index (χ1) is 18.3. The summed E-state index contributed by atoms with van der Waals surface area (Å²) >= 11 is 0. The maximum Gasteiger partial charge on any atom is 0.306 e. The summed E-state index contributed by atoms with van der Waals surface area (Å²) in [5.74, 6) is -0.333. The Kier molecular flexibility index (Phi) is 7.37. The van der Waals surface area contributed by atoms with Gasteiger partial charge in [0.25, 0.3) is 5.89 Å². The third-order valence-corrected chi connectivity index (χ3v) is 7.43. The van der Waals surface area contributed by atoms with E-state index in [1.807, 2.05) is 17.7 Å². The largest absolute Gasteiger partial charge is 0.481 e. The Morgan fingerprint density at radius 3 is 2.39 bits per heavy atom. The van der Waals surface area contributed by atoms with Gasteiger partial charge in [-0.1, -0.05) is 5.16 Å². The number of nitrogens with zero attached hydrogens (tertiary/aromatic N) is 5. The fourth-order valence-electron chi connectivity index (χ4n) is 5.25. The van der Waals surface area contributed by atoms with Gasteiger partial charge in [-0.15, -0.1) is 0 Å². The van der Waals surface area contributed by atoms with Crippen LogP contribution in [0.2, 0.25) is 0 Å². The van der Waals surface area contributed by atoms with Crippen LogP contribution in [-0.2, 0) is 17.8 Å². The van der Waals surface area contributed by atoms with Gasteiger partial charge in [0.1, 0.15) is 5.82 Å². The molecule has 0 bridgehead atoms. The van der Waals surface area contributed by atoms with Gasteiger partial charge in [-0.25, -0.2) is 4.39 Å². The van der Waals surface area contributed by atoms with E-state index in [9.17, 15) is 14.3 Å². The van der Waals surface area contributed by atoms with Crippen molar-refractivity contribution in [3.63, 3.8) is 0 Å². The first-order valence-electron chi connectivity index (χ1n) is 13.1. The van der Waals surface area contributed by atoms with E-state index in [2.05, 4.69) is 46.1 Å². The normalized spacial score (nSPS) is 14.7. The topological polar surface area (TPSA) is 97.3 Å². The maximum atomic E-state index is 13.4. The van der Waals surface area contributed by atoms with Crippen LogP contribution < -0.4 is 0 Å². The smallest absolute Gasteiger partial charge is 0.306 e. The summed E-state index contributed by atoms with van der Waals surface area (Å²) in [6, 6.07) is 12.4. The highest BCUT2D eigenvalue weighted by Crippen LogP contribution is 2.29. The van der Waals surface area contributed by atoms with Crippen molar-refractivity contribution in [2.45, 2.75) is 46.6 Å². The van der Waals surface area contributed by atoms with Gasteiger partial charge < -0.3 is 14.5 Å². The molecule has 0 spiro atoms. The van der Waals surface area contributed by atoms with Crippen LogP contribution in [0, 0.1) is 25.6 Å². The highest BCUT2D eigenvalue weighted by molar-refractivity contribution is 5.70. The van der Waals surface area contributed by atoms with Crippen LogP contribution in [0.15, 0.2) is 47.0 Å². The maximum absolute atomic E-state index is 13.4. The zero-order chi connectivity index (χ0) is 26.8. The Balaban J connectivity index is 1.31. The molecule has 0 unspecified atom stereocenters. The van der Waals surface area contributed by atoms with E-state index in [4.69, 9.17) is 4.52 Å². The fourth-order valence-corrected chi connectivity index (χ4v) is 5.25. The van der Waals surface area contributed by atoms with Crippen molar-refractivity contribution in [3.05, 3.63) is 65.0 Å². The number of likely N-dealkylation sites (tertiary alicyclic amines) is 1. The Morgan fingerprint density at radius 1 is 1.08 bits per heavy atom. The minimum atomic E-state index is -0.677. The van der Waals surface area contributed by atoms with E-state index in [0.717, 1.165) is 42.9 Å². The molecule has 5 rings (SSSR count).